The molecule has 1 aromatic heterocycles. The van der Waals surface area contributed by atoms with E-state index in [1.54, 1.807) is 0 Å². The zero-order valence-electron chi connectivity index (χ0n) is 25.9. The molecule has 2 heterocycles. The molecule has 0 bridgehead atoms. The molecule has 1 aromatic carbocycles. The fourth-order valence-electron chi connectivity index (χ4n) is 6.39. The SMILES string of the molecule is CC(C)(C)OC(=O)NC(CO)CC1CCCC1.CC1Oc2cc(OCC(N)CC3CCCC3)ccc2-c2ccncc21. The van der Waals surface area contributed by atoms with Crippen molar-refractivity contribution in [1.82, 2.24) is 10.3 Å². The van der Waals surface area contributed by atoms with Crippen molar-refractivity contribution in [3.05, 3.63) is 42.2 Å². The molecule has 5 rings (SSSR count). The number of nitrogens with zero attached hydrogens (tertiary/aromatic N) is 1. The van der Waals surface area contributed by atoms with Crippen molar-refractivity contribution >= 4 is 6.09 Å². The smallest absolute Gasteiger partial charge is 0.407 e. The second kappa shape index (κ2) is 15.1. The topological polar surface area (TPSA) is 116 Å². The van der Waals surface area contributed by atoms with Crippen molar-refractivity contribution in [1.29, 1.82) is 0 Å². The van der Waals surface area contributed by atoms with Crippen molar-refractivity contribution in [2.75, 3.05) is 13.2 Å². The Labute approximate surface area is 251 Å². The van der Waals surface area contributed by atoms with Crippen LogP contribution in [0.5, 0.6) is 11.5 Å². The summed E-state index contributed by atoms with van der Waals surface area (Å²) in [7, 11) is 0. The van der Waals surface area contributed by atoms with Gasteiger partial charge in [0.1, 0.15) is 29.8 Å². The van der Waals surface area contributed by atoms with Crippen molar-refractivity contribution in [3.8, 4) is 22.6 Å². The summed E-state index contributed by atoms with van der Waals surface area (Å²) in [5.74, 6) is 3.12. The maximum atomic E-state index is 11.6. The number of aromatic nitrogens is 1. The molecule has 8 heteroatoms. The lowest BCUT2D eigenvalue weighted by Crippen LogP contribution is -2.41. The second-order valence-electron chi connectivity index (χ2n) is 13.3. The van der Waals surface area contributed by atoms with Crippen LogP contribution in [0.3, 0.4) is 0 Å². The number of carbonyl (C=O) groups excluding carboxylic acids is 1. The maximum absolute atomic E-state index is 11.6. The number of amides is 1. The summed E-state index contributed by atoms with van der Waals surface area (Å²) in [6, 6.07) is 8.03. The van der Waals surface area contributed by atoms with Gasteiger partial charge in [-0.25, -0.2) is 4.79 Å². The molecule has 3 unspecified atom stereocenters. The summed E-state index contributed by atoms with van der Waals surface area (Å²) < 4.78 is 17.2. The molecule has 2 fully saturated rings. The number of hydrogen-bond donors (Lipinski definition) is 3. The van der Waals surface area contributed by atoms with Gasteiger partial charge in [-0.3, -0.25) is 4.98 Å². The van der Waals surface area contributed by atoms with Crippen LogP contribution in [0.15, 0.2) is 36.7 Å². The monoisotopic (exact) mass is 581 g/mol. The number of aliphatic hydroxyl groups is 1. The number of rotatable bonds is 9. The molecule has 3 aliphatic rings. The molecule has 2 saturated carbocycles. The second-order valence-corrected chi connectivity index (χ2v) is 13.3. The number of pyridine rings is 1. The minimum absolute atomic E-state index is 0.00364. The molecule has 42 heavy (non-hydrogen) atoms. The molecule has 3 atom stereocenters. The summed E-state index contributed by atoms with van der Waals surface area (Å²) in [5, 5.41) is 12.0. The number of ether oxygens (including phenoxy) is 3. The average Bonchev–Trinajstić information content (AvgIpc) is 3.65. The number of nitrogens with one attached hydrogen (secondary N) is 1. The summed E-state index contributed by atoms with van der Waals surface area (Å²) in [6.07, 6.45) is 15.5. The number of nitrogens with two attached hydrogens (primary N) is 1. The Bertz CT molecular complexity index is 1140. The summed E-state index contributed by atoms with van der Waals surface area (Å²) >= 11 is 0. The first-order valence-electron chi connectivity index (χ1n) is 15.8. The van der Waals surface area contributed by atoms with Crippen LogP contribution in [-0.4, -0.2) is 47.1 Å². The number of aliphatic hydroxyl groups excluding tert-OH is 1. The van der Waals surface area contributed by atoms with Crippen molar-refractivity contribution in [3.63, 3.8) is 0 Å². The Morgan fingerprint density at radius 3 is 2.38 bits per heavy atom. The van der Waals surface area contributed by atoms with E-state index in [4.69, 9.17) is 19.9 Å². The zero-order valence-corrected chi connectivity index (χ0v) is 25.9. The van der Waals surface area contributed by atoms with Crippen LogP contribution < -0.4 is 20.5 Å². The first-order valence-corrected chi connectivity index (χ1v) is 15.8. The molecule has 2 aromatic rings. The Morgan fingerprint density at radius 2 is 1.74 bits per heavy atom. The van der Waals surface area contributed by atoms with E-state index in [1.165, 1.54) is 56.9 Å². The van der Waals surface area contributed by atoms with Crippen LogP contribution in [0, 0.1) is 11.8 Å². The highest BCUT2D eigenvalue weighted by atomic mass is 16.6. The van der Waals surface area contributed by atoms with Gasteiger partial charge >= 0.3 is 6.09 Å². The highest BCUT2D eigenvalue weighted by molar-refractivity contribution is 5.76. The van der Waals surface area contributed by atoms with E-state index in [-0.39, 0.29) is 24.8 Å². The third kappa shape index (κ3) is 9.60. The molecule has 232 valence electrons. The van der Waals surface area contributed by atoms with Gasteiger partial charge in [0, 0.05) is 35.6 Å². The first kappa shape index (κ1) is 32.1. The van der Waals surface area contributed by atoms with Crippen molar-refractivity contribution < 1.29 is 24.1 Å². The van der Waals surface area contributed by atoms with E-state index in [2.05, 4.69) is 23.3 Å². The van der Waals surface area contributed by atoms with Crippen LogP contribution in [0.4, 0.5) is 4.79 Å². The highest BCUT2D eigenvalue weighted by Crippen LogP contribution is 2.43. The fourth-order valence-corrected chi connectivity index (χ4v) is 6.39. The Balaban J connectivity index is 0.000000209. The number of alkyl carbamates (subject to hydrolysis) is 1. The van der Waals surface area contributed by atoms with E-state index in [9.17, 15) is 9.90 Å². The molecule has 0 saturated heterocycles. The van der Waals surface area contributed by atoms with Crippen molar-refractivity contribution in [2.45, 2.75) is 116 Å². The molecule has 1 amide bonds. The van der Waals surface area contributed by atoms with Gasteiger partial charge in [0.15, 0.2) is 0 Å². The molecule has 1 aliphatic heterocycles. The standard InChI is InChI=1S/C21H26N2O2.C13H25NO3/c1-14-20-12-23-9-8-18(20)19-7-6-17(11-21(19)25-14)24-13-16(22)10-15-4-2-3-5-15;1-13(2,3)17-12(16)14-11(9-15)8-10-6-4-5-7-10/h6-9,11-12,14-16H,2-5,10,13,22H2,1H3;10-11,15H,4-9H2,1-3H3,(H,14,16). The van der Waals surface area contributed by atoms with Crippen LogP contribution in [0.25, 0.3) is 11.1 Å². The Kier molecular flexibility index (Phi) is 11.5. The number of fused-ring (bicyclic) bond motifs is 3. The maximum Gasteiger partial charge on any atom is 0.407 e. The largest absolute Gasteiger partial charge is 0.492 e. The highest BCUT2D eigenvalue weighted by Gasteiger charge is 2.25. The number of benzene rings is 1. The lowest BCUT2D eigenvalue weighted by molar-refractivity contribution is 0.0472. The van der Waals surface area contributed by atoms with Crippen LogP contribution in [0.2, 0.25) is 0 Å². The molecular formula is C34H51N3O5. The lowest BCUT2D eigenvalue weighted by Gasteiger charge is -2.26. The predicted molar refractivity (Wildman–Crippen MR) is 166 cm³/mol. The van der Waals surface area contributed by atoms with E-state index >= 15 is 0 Å². The van der Waals surface area contributed by atoms with Crippen LogP contribution in [0.1, 0.15) is 104 Å². The van der Waals surface area contributed by atoms with E-state index < -0.39 is 11.7 Å². The normalized spacial score (nSPS) is 19.9. The minimum atomic E-state index is -0.489. The summed E-state index contributed by atoms with van der Waals surface area (Å²) in [4.78, 5) is 15.8. The van der Waals surface area contributed by atoms with Gasteiger partial charge in [-0.2, -0.15) is 0 Å². The molecule has 0 spiro atoms. The molecule has 2 aliphatic carbocycles. The summed E-state index contributed by atoms with van der Waals surface area (Å²) in [5.41, 5.74) is 9.18. The summed E-state index contributed by atoms with van der Waals surface area (Å²) in [6.45, 7) is 8.09. The van der Waals surface area contributed by atoms with Gasteiger partial charge in [0.2, 0.25) is 0 Å². The number of carbonyl (C=O) groups is 1. The third-order valence-electron chi connectivity index (χ3n) is 8.45. The Morgan fingerprint density at radius 1 is 1.07 bits per heavy atom. The van der Waals surface area contributed by atoms with Gasteiger partial charge in [-0.1, -0.05) is 51.4 Å². The Hall–Kier alpha value is -2.84. The molecule has 4 N–H and O–H groups in total. The van der Waals surface area contributed by atoms with Gasteiger partial charge in [-0.15, -0.1) is 0 Å². The van der Waals surface area contributed by atoms with Crippen LogP contribution >= 0.6 is 0 Å². The zero-order chi connectivity index (χ0) is 30.1. The van der Waals surface area contributed by atoms with Crippen molar-refractivity contribution in [2.24, 2.45) is 17.6 Å². The predicted octanol–water partition coefficient (Wildman–Crippen LogP) is 6.94. The quantitative estimate of drug-likeness (QED) is 0.294. The minimum Gasteiger partial charge on any atom is -0.492 e. The lowest BCUT2D eigenvalue weighted by atomic mass is 9.95. The fraction of sp³-hybridized carbons (Fsp3) is 0.647. The van der Waals surface area contributed by atoms with Gasteiger partial charge in [0.25, 0.3) is 0 Å². The van der Waals surface area contributed by atoms with E-state index in [0.29, 0.717) is 12.5 Å². The number of hydrogen-bond acceptors (Lipinski definition) is 7. The van der Waals surface area contributed by atoms with Crippen LogP contribution in [-0.2, 0) is 4.74 Å². The van der Waals surface area contributed by atoms with Gasteiger partial charge < -0.3 is 30.4 Å². The molecular weight excluding hydrogens is 530 g/mol. The first-order chi connectivity index (χ1) is 20.1. The average molecular weight is 582 g/mol. The van der Waals surface area contributed by atoms with Gasteiger partial charge in [0.05, 0.1) is 12.6 Å². The van der Waals surface area contributed by atoms with Gasteiger partial charge in [-0.05, 0) is 76.1 Å². The van der Waals surface area contributed by atoms with E-state index in [1.807, 2.05) is 51.4 Å². The molecule has 0 radical (unpaired) electrons. The van der Waals surface area contributed by atoms with E-state index in [0.717, 1.165) is 41.4 Å². The molecule has 8 nitrogen and oxygen atoms in total. The third-order valence-corrected chi connectivity index (χ3v) is 8.45.